The standard InChI is InChI=1S/C10H21Cl/c1-5-7-10(4,11)8-9(3)6-2/h9H,5-8H2,1-4H3. The van der Waals surface area contributed by atoms with Crippen LogP contribution in [0.5, 0.6) is 0 Å². The van der Waals surface area contributed by atoms with Crippen molar-refractivity contribution in [3.05, 3.63) is 0 Å². The van der Waals surface area contributed by atoms with Crippen LogP contribution in [0, 0.1) is 5.92 Å². The first kappa shape index (κ1) is 11.3. The van der Waals surface area contributed by atoms with Crippen LogP contribution in [0.15, 0.2) is 0 Å². The lowest BCUT2D eigenvalue weighted by Gasteiger charge is -2.24. The summed E-state index contributed by atoms with van der Waals surface area (Å²) >= 11 is 6.31. The van der Waals surface area contributed by atoms with Crippen LogP contribution in [0.1, 0.15) is 53.4 Å². The van der Waals surface area contributed by atoms with Gasteiger partial charge in [0.1, 0.15) is 0 Å². The fourth-order valence-corrected chi connectivity index (χ4v) is 1.95. The lowest BCUT2D eigenvalue weighted by molar-refractivity contribution is 0.410. The minimum absolute atomic E-state index is 0.0458. The number of rotatable bonds is 5. The van der Waals surface area contributed by atoms with E-state index in [-0.39, 0.29) is 4.87 Å². The smallest absolute Gasteiger partial charge is 0.0421 e. The van der Waals surface area contributed by atoms with Gasteiger partial charge in [-0.15, -0.1) is 11.6 Å². The van der Waals surface area contributed by atoms with E-state index in [1.165, 1.54) is 12.8 Å². The van der Waals surface area contributed by atoms with Crippen molar-refractivity contribution in [3.8, 4) is 0 Å². The molecular formula is C10H21Cl. The van der Waals surface area contributed by atoms with Crippen LogP contribution < -0.4 is 0 Å². The molecular weight excluding hydrogens is 156 g/mol. The molecule has 0 aliphatic rings. The molecule has 0 amide bonds. The van der Waals surface area contributed by atoms with Gasteiger partial charge in [-0.3, -0.25) is 0 Å². The quantitative estimate of drug-likeness (QED) is 0.551. The molecule has 11 heavy (non-hydrogen) atoms. The SMILES string of the molecule is CCCC(C)(Cl)CC(C)CC. The number of hydrogen-bond donors (Lipinski definition) is 0. The van der Waals surface area contributed by atoms with Crippen LogP contribution in [0.4, 0.5) is 0 Å². The van der Waals surface area contributed by atoms with E-state index in [9.17, 15) is 0 Å². The molecule has 0 nitrogen and oxygen atoms in total. The molecule has 0 saturated carbocycles. The predicted octanol–water partition coefficient (Wildman–Crippen LogP) is 4.22. The van der Waals surface area contributed by atoms with Crippen molar-refractivity contribution < 1.29 is 0 Å². The van der Waals surface area contributed by atoms with Gasteiger partial charge in [-0.1, -0.05) is 33.6 Å². The van der Waals surface area contributed by atoms with Gasteiger partial charge < -0.3 is 0 Å². The van der Waals surface area contributed by atoms with Crippen molar-refractivity contribution in [2.24, 2.45) is 5.92 Å². The molecule has 0 rings (SSSR count). The van der Waals surface area contributed by atoms with E-state index < -0.39 is 0 Å². The molecule has 0 aromatic heterocycles. The molecule has 68 valence electrons. The van der Waals surface area contributed by atoms with Gasteiger partial charge in [0, 0.05) is 4.87 Å². The average molecular weight is 177 g/mol. The Morgan fingerprint density at radius 1 is 1.36 bits per heavy atom. The fourth-order valence-electron chi connectivity index (χ4n) is 1.49. The van der Waals surface area contributed by atoms with Crippen molar-refractivity contribution in [2.45, 2.75) is 58.3 Å². The third-order valence-electron chi connectivity index (χ3n) is 2.24. The van der Waals surface area contributed by atoms with Gasteiger partial charge in [0.15, 0.2) is 0 Å². The highest BCUT2D eigenvalue weighted by Gasteiger charge is 2.21. The number of hydrogen-bond acceptors (Lipinski definition) is 0. The molecule has 0 N–H and O–H groups in total. The minimum Gasteiger partial charge on any atom is -0.120 e. The zero-order valence-corrected chi connectivity index (χ0v) is 9.04. The Balaban J connectivity index is 3.70. The zero-order valence-electron chi connectivity index (χ0n) is 8.28. The van der Waals surface area contributed by atoms with Crippen LogP contribution in [-0.2, 0) is 0 Å². The van der Waals surface area contributed by atoms with Gasteiger partial charge in [-0.05, 0) is 25.7 Å². The van der Waals surface area contributed by atoms with Crippen LogP contribution >= 0.6 is 11.6 Å². The third-order valence-corrected chi connectivity index (χ3v) is 2.59. The molecule has 0 aromatic carbocycles. The van der Waals surface area contributed by atoms with E-state index >= 15 is 0 Å². The van der Waals surface area contributed by atoms with Crippen LogP contribution in [0.2, 0.25) is 0 Å². The van der Waals surface area contributed by atoms with Gasteiger partial charge in [-0.25, -0.2) is 0 Å². The number of halogens is 1. The van der Waals surface area contributed by atoms with Crippen molar-refractivity contribution in [3.63, 3.8) is 0 Å². The summed E-state index contributed by atoms with van der Waals surface area (Å²) in [7, 11) is 0. The highest BCUT2D eigenvalue weighted by atomic mass is 35.5. The third kappa shape index (κ3) is 5.55. The second-order valence-corrected chi connectivity index (χ2v) is 4.79. The Bertz CT molecular complexity index is 97.0. The maximum Gasteiger partial charge on any atom is 0.0421 e. The molecule has 0 aliphatic carbocycles. The Labute approximate surface area is 76.3 Å². The van der Waals surface area contributed by atoms with Gasteiger partial charge in [0.25, 0.3) is 0 Å². The average Bonchev–Trinajstić information content (AvgIpc) is 1.86. The molecule has 0 radical (unpaired) electrons. The summed E-state index contributed by atoms with van der Waals surface area (Å²) in [5.74, 6) is 0.768. The maximum atomic E-state index is 6.31. The second kappa shape index (κ2) is 5.03. The van der Waals surface area contributed by atoms with Crippen LogP contribution in [0.25, 0.3) is 0 Å². The first-order chi connectivity index (χ1) is 5.02. The van der Waals surface area contributed by atoms with Gasteiger partial charge in [0.05, 0.1) is 0 Å². The van der Waals surface area contributed by atoms with E-state index in [4.69, 9.17) is 11.6 Å². The van der Waals surface area contributed by atoms with Crippen molar-refractivity contribution in [2.75, 3.05) is 0 Å². The molecule has 0 fully saturated rings. The van der Waals surface area contributed by atoms with E-state index in [1.807, 2.05) is 0 Å². The summed E-state index contributed by atoms with van der Waals surface area (Å²) in [6.45, 7) is 8.85. The Morgan fingerprint density at radius 3 is 2.27 bits per heavy atom. The highest BCUT2D eigenvalue weighted by molar-refractivity contribution is 6.23. The summed E-state index contributed by atoms with van der Waals surface area (Å²) in [5.41, 5.74) is 0. The monoisotopic (exact) mass is 176 g/mol. The summed E-state index contributed by atoms with van der Waals surface area (Å²) < 4.78 is 0. The van der Waals surface area contributed by atoms with E-state index in [1.54, 1.807) is 0 Å². The number of alkyl halides is 1. The highest BCUT2D eigenvalue weighted by Crippen LogP contribution is 2.29. The topological polar surface area (TPSA) is 0 Å². The lowest BCUT2D eigenvalue weighted by atomic mass is 9.91. The zero-order chi connectivity index (χ0) is 8.91. The summed E-state index contributed by atoms with van der Waals surface area (Å²) in [5, 5.41) is 0. The summed E-state index contributed by atoms with van der Waals surface area (Å²) in [6.07, 6.45) is 4.72. The van der Waals surface area contributed by atoms with Gasteiger partial charge >= 0.3 is 0 Å². The fraction of sp³-hybridized carbons (Fsp3) is 1.00. The molecule has 2 unspecified atom stereocenters. The molecule has 1 heteroatoms. The normalized spacial score (nSPS) is 19.4. The van der Waals surface area contributed by atoms with Crippen molar-refractivity contribution in [1.82, 2.24) is 0 Å². The Kier molecular flexibility index (Phi) is 5.16. The maximum absolute atomic E-state index is 6.31. The van der Waals surface area contributed by atoms with Crippen molar-refractivity contribution >= 4 is 11.6 Å². The molecule has 0 saturated heterocycles. The molecule has 0 heterocycles. The van der Waals surface area contributed by atoms with Crippen LogP contribution in [0.3, 0.4) is 0 Å². The van der Waals surface area contributed by atoms with Crippen molar-refractivity contribution in [1.29, 1.82) is 0 Å². The van der Waals surface area contributed by atoms with Gasteiger partial charge in [0.2, 0.25) is 0 Å². The second-order valence-electron chi connectivity index (χ2n) is 3.88. The van der Waals surface area contributed by atoms with E-state index in [0.29, 0.717) is 0 Å². The largest absolute Gasteiger partial charge is 0.120 e. The molecule has 0 spiro atoms. The Hall–Kier alpha value is 0.290. The van der Waals surface area contributed by atoms with Gasteiger partial charge in [-0.2, -0.15) is 0 Å². The first-order valence-corrected chi connectivity index (χ1v) is 5.08. The van der Waals surface area contributed by atoms with E-state index in [2.05, 4.69) is 27.7 Å². The summed E-state index contributed by atoms with van der Waals surface area (Å²) in [4.78, 5) is 0.0458. The molecule has 2 atom stereocenters. The molecule has 0 aromatic rings. The first-order valence-electron chi connectivity index (χ1n) is 4.70. The lowest BCUT2D eigenvalue weighted by Crippen LogP contribution is -2.19. The van der Waals surface area contributed by atoms with Crippen LogP contribution in [-0.4, -0.2) is 4.87 Å². The predicted molar refractivity (Wildman–Crippen MR) is 53.2 cm³/mol. The van der Waals surface area contributed by atoms with E-state index in [0.717, 1.165) is 18.8 Å². The summed E-state index contributed by atoms with van der Waals surface area (Å²) in [6, 6.07) is 0. The minimum atomic E-state index is 0.0458. The Morgan fingerprint density at radius 2 is 1.91 bits per heavy atom. The molecule has 0 bridgehead atoms. The molecule has 0 aliphatic heterocycles.